The van der Waals surface area contributed by atoms with E-state index in [-0.39, 0.29) is 0 Å². The first-order valence-corrected chi connectivity index (χ1v) is 5.43. The van der Waals surface area contributed by atoms with Crippen molar-refractivity contribution in [2.45, 2.75) is 6.92 Å². The van der Waals surface area contributed by atoms with E-state index < -0.39 is 11.1 Å². The first-order valence-electron chi connectivity index (χ1n) is 5.05. The molecule has 0 bridgehead atoms. The SMILES string of the molecule is Cc1ccc(Cl)cc1-n1ccn(C)c(=O)c1=O. The summed E-state index contributed by atoms with van der Waals surface area (Å²) in [4.78, 5) is 23.4. The molecule has 0 aliphatic rings. The molecule has 2 rings (SSSR count). The van der Waals surface area contributed by atoms with Crippen LogP contribution >= 0.6 is 11.6 Å². The molecule has 0 spiro atoms. The number of aryl methyl sites for hydroxylation is 2. The van der Waals surface area contributed by atoms with Crippen molar-refractivity contribution in [1.29, 1.82) is 0 Å². The van der Waals surface area contributed by atoms with Gasteiger partial charge in [0.15, 0.2) is 0 Å². The topological polar surface area (TPSA) is 44.0 Å². The molecular weight excluding hydrogens is 240 g/mol. The molecule has 1 aromatic heterocycles. The summed E-state index contributed by atoms with van der Waals surface area (Å²) in [5, 5.41) is 0.526. The second-order valence-corrected chi connectivity index (χ2v) is 4.26. The molecule has 4 nitrogen and oxygen atoms in total. The van der Waals surface area contributed by atoms with Crippen LogP contribution in [-0.4, -0.2) is 9.13 Å². The second kappa shape index (κ2) is 4.22. The maximum absolute atomic E-state index is 11.8. The van der Waals surface area contributed by atoms with Crippen LogP contribution in [0.3, 0.4) is 0 Å². The Balaban J connectivity index is 2.78. The van der Waals surface area contributed by atoms with Crippen LogP contribution in [0.15, 0.2) is 40.2 Å². The van der Waals surface area contributed by atoms with Gasteiger partial charge in [-0.2, -0.15) is 0 Å². The highest BCUT2D eigenvalue weighted by Crippen LogP contribution is 2.17. The summed E-state index contributed by atoms with van der Waals surface area (Å²) < 4.78 is 2.56. The minimum Gasteiger partial charge on any atom is -0.312 e. The molecule has 0 atom stereocenters. The Morgan fingerprint density at radius 2 is 1.82 bits per heavy atom. The Labute approximate surface area is 103 Å². The van der Waals surface area contributed by atoms with Crippen molar-refractivity contribution in [3.8, 4) is 5.69 Å². The molecule has 0 aliphatic heterocycles. The van der Waals surface area contributed by atoms with E-state index in [1.807, 2.05) is 13.0 Å². The molecule has 0 amide bonds. The third kappa shape index (κ3) is 2.03. The quantitative estimate of drug-likeness (QED) is 0.720. The summed E-state index contributed by atoms with van der Waals surface area (Å²) in [6.45, 7) is 1.86. The fourth-order valence-electron chi connectivity index (χ4n) is 1.59. The number of halogens is 1. The first kappa shape index (κ1) is 11.7. The highest BCUT2D eigenvalue weighted by Gasteiger charge is 2.07. The van der Waals surface area contributed by atoms with Gasteiger partial charge in [-0.15, -0.1) is 0 Å². The van der Waals surface area contributed by atoms with Crippen molar-refractivity contribution in [3.05, 3.63) is 61.9 Å². The smallest absolute Gasteiger partial charge is 0.312 e. The third-order valence-corrected chi connectivity index (χ3v) is 2.83. The molecule has 0 radical (unpaired) electrons. The molecule has 0 fully saturated rings. The van der Waals surface area contributed by atoms with Crippen LogP contribution in [-0.2, 0) is 7.05 Å². The van der Waals surface area contributed by atoms with Crippen molar-refractivity contribution in [3.63, 3.8) is 0 Å². The minimum absolute atomic E-state index is 0.526. The lowest BCUT2D eigenvalue weighted by Gasteiger charge is -2.09. The molecule has 0 N–H and O–H groups in total. The molecule has 0 saturated heterocycles. The Hall–Kier alpha value is -1.81. The standard InChI is InChI=1S/C12H11ClN2O2/c1-8-3-4-9(13)7-10(8)15-6-5-14(2)11(16)12(15)17/h3-7H,1-2H3. The van der Waals surface area contributed by atoms with Crippen LogP contribution in [0, 0.1) is 6.92 Å². The van der Waals surface area contributed by atoms with Crippen LogP contribution in [0.4, 0.5) is 0 Å². The van der Waals surface area contributed by atoms with E-state index in [0.29, 0.717) is 10.7 Å². The first-order chi connectivity index (χ1) is 8.00. The van der Waals surface area contributed by atoms with Gasteiger partial charge in [0.1, 0.15) is 0 Å². The summed E-state index contributed by atoms with van der Waals surface area (Å²) in [7, 11) is 1.54. The normalized spacial score (nSPS) is 10.5. The van der Waals surface area contributed by atoms with Gasteiger partial charge in [-0.1, -0.05) is 17.7 Å². The summed E-state index contributed by atoms with van der Waals surface area (Å²) in [5.74, 6) is 0. The van der Waals surface area contributed by atoms with Gasteiger partial charge in [0.05, 0.1) is 5.69 Å². The Bertz CT molecular complexity index is 686. The van der Waals surface area contributed by atoms with Gasteiger partial charge in [0.25, 0.3) is 0 Å². The molecule has 5 heteroatoms. The monoisotopic (exact) mass is 250 g/mol. The van der Waals surface area contributed by atoms with Crippen LogP contribution in [0.25, 0.3) is 5.69 Å². The van der Waals surface area contributed by atoms with E-state index in [2.05, 4.69) is 0 Å². The highest BCUT2D eigenvalue weighted by molar-refractivity contribution is 6.30. The molecule has 1 heterocycles. The van der Waals surface area contributed by atoms with E-state index in [0.717, 1.165) is 5.56 Å². The molecule has 17 heavy (non-hydrogen) atoms. The van der Waals surface area contributed by atoms with Gasteiger partial charge in [-0.25, -0.2) is 0 Å². The van der Waals surface area contributed by atoms with Gasteiger partial charge in [0, 0.05) is 24.5 Å². The predicted molar refractivity (Wildman–Crippen MR) is 67.0 cm³/mol. The summed E-state index contributed by atoms with van der Waals surface area (Å²) in [5.41, 5.74) is 0.359. The number of rotatable bonds is 1. The van der Waals surface area contributed by atoms with Crippen molar-refractivity contribution in [1.82, 2.24) is 9.13 Å². The Morgan fingerprint density at radius 1 is 1.12 bits per heavy atom. The van der Waals surface area contributed by atoms with Gasteiger partial charge >= 0.3 is 11.1 Å². The van der Waals surface area contributed by atoms with Gasteiger partial charge < -0.3 is 4.57 Å². The zero-order valence-electron chi connectivity index (χ0n) is 9.48. The molecule has 2 aromatic rings. The largest absolute Gasteiger partial charge is 0.320 e. The number of benzene rings is 1. The van der Waals surface area contributed by atoms with Crippen LogP contribution in [0.5, 0.6) is 0 Å². The summed E-state index contributed by atoms with van der Waals surface area (Å²) in [6, 6.07) is 5.21. The summed E-state index contributed by atoms with van der Waals surface area (Å²) in [6.07, 6.45) is 3.10. The van der Waals surface area contributed by atoms with Crippen LogP contribution in [0.2, 0.25) is 5.02 Å². The lowest BCUT2D eigenvalue weighted by Crippen LogP contribution is -2.38. The van der Waals surface area contributed by atoms with Crippen molar-refractivity contribution >= 4 is 11.6 Å². The van der Waals surface area contributed by atoms with E-state index in [1.54, 1.807) is 31.6 Å². The van der Waals surface area contributed by atoms with E-state index >= 15 is 0 Å². The fourth-order valence-corrected chi connectivity index (χ4v) is 1.75. The molecular formula is C12H11ClN2O2. The Morgan fingerprint density at radius 3 is 2.53 bits per heavy atom. The van der Waals surface area contributed by atoms with Crippen molar-refractivity contribution < 1.29 is 0 Å². The maximum atomic E-state index is 11.8. The van der Waals surface area contributed by atoms with E-state index in [1.165, 1.54) is 9.13 Å². The van der Waals surface area contributed by atoms with Crippen LogP contribution < -0.4 is 11.1 Å². The van der Waals surface area contributed by atoms with Crippen molar-refractivity contribution in [2.75, 3.05) is 0 Å². The van der Waals surface area contributed by atoms with E-state index in [4.69, 9.17) is 11.6 Å². The van der Waals surface area contributed by atoms with E-state index in [9.17, 15) is 9.59 Å². The zero-order chi connectivity index (χ0) is 12.6. The average Bonchev–Trinajstić information content (AvgIpc) is 2.30. The number of hydrogen-bond donors (Lipinski definition) is 0. The lowest BCUT2D eigenvalue weighted by molar-refractivity contribution is 0.785. The molecule has 0 aliphatic carbocycles. The van der Waals surface area contributed by atoms with Gasteiger partial charge in [-0.05, 0) is 24.6 Å². The minimum atomic E-state index is -0.583. The van der Waals surface area contributed by atoms with Crippen LogP contribution in [0.1, 0.15) is 5.56 Å². The fraction of sp³-hybridized carbons (Fsp3) is 0.167. The lowest BCUT2D eigenvalue weighted by atomic mass is 10.2. The molecule has 0 saturated carbocycles. The number of hydrogen-bond acceptors (Lipinski definition) is 2. The third-order valence-electron chi connectivity index (χ3n) is 2.59. The predicted octanol–water partition coefficient (Wildman–Crippen LogP) is 1.50. The Kier molecular flexibility index (Phi) is 2.90. The van der Waals surface area contributed by atoms with Gasteiger partial charge in [-0.3, -0.25) is 14.2 Å². The highest BCUT2D eigenvalue weighted by atomic mass is 35.5. The average molecular weight is 251 g/mol. The molecule has 0 unspecified atom stereocenters. The number of aromatic nitrogens is 2. The van der Waals surface area contributed by atoms with Gasteiger partial charge in [0.2, 0.25) is 0 Å². The zero-order valence-corrected chi connectivity index (χ0v) is 10.2. The second-order valence-electron chi connectivity index (χ2n) is 3.82. The van der Waals surface area contributed by atoms with Crippen molar-refractivity contribution in [2.24, 2.45) is 7.05 Å². The summed E-state index contributed by atoms with van der Waals surface area (Å²) >= 11 is 5.89. The maximum Gasteiger partial charge on any atom is 0.320 e. The number of nitrogens with zero attached hydrogens (tertiary/aromatic N) is 2. The molecule has 88 valence electrons. The molecule has 1 aromatic carbocycles.